The molecular formula is C24H45N5O6. The molecule has 11 heteroatoms. The zero-order valence-corrected chi connectivity index (χ0v) is 21.9. The van der Waals surface area contributed by atoms with Gasteiger partial charge in [-0.05, 0) is 85.7 Å². The lowest BCUT2D eigenvalue weighted by Gasteiger charge is -2.26. The van der Waals surface area contributed by atoms with Gasteiger partial charge in [-0.3, -0.25) is 9.59 Å². The summed E-state index contributed by atoms with van der Waals surface area (Å²) in [5, 5.41) is 7.93. The fraction of sp³-hybridized carbons (Fsp3) is 0.750. The van der Waals surface area contributed by atoms with Gasteiger partial charge in [0.15, 0.2) is 0 Å². The lowest BCUT2D eigenvalue weighted by Crippen LogP contribution is -2.56. The van der Waals surface area contributed by atoms with E-state index in [1.54, 1.807) is 27.7 Å². The molecule has 202 valence electrons. The standard InChI is InChI=1S/C24H45N5O6/c1-16(2)15-19(21(31)27-18(22(32)34-6)12-8-10-14-26)28-20(30)17(11-7-9-13-25)29-23(33)35-24(3,4)5/h17-19H,1,7-15,25-26H2,2-6H3,(H,27,31)(H,28,30)(H,29,33). The Hall–Kier alpha value is -2.66. The van der Waals surface area contributed by atoms with Crippen molar-refractivity contribution in [2.24, 2.45) is 11.5 Å². The molecule has 0 spiro atoms. The molecule has 0 aliphatic rings. The van der Waals surface area contributed by atoms with Crippen LogP contribution in [0.3, 0.4) is 0 Å². The molecule has 35 heavy (non-hydrogen) atoms. The summed E-state index contributed by atoms with van der Waals surface area (Å²) in [6.07, 6.45) is 2.64. The van der Waals surface area contributed by atoms with Crippen molar-refractivity contribution in [2.45, 2.75) is 96.4 Å². The van der Waals surface area contributed by atoms with Crippen LogP contribution >= 0.6 is 0 Å². The third-order valence-corrected chi connectivity index (χ3v) is 4.89. The van der Waals surface area contributed by atoms with Crippen LogP contribution in [-0.4, -0.2) is 67.8 Å². The highest BCUT2D eigenvalue weighted by atomic mass is 16.6. The summed E-state index contributed by atoms with van der Waals surface area (Å²) in [6, 6.07) is -2.80. The predicted molar refractivity (Wildman–Crippen MR) is 134 cm³/mol. The summed E-state index contributed by atoms with van der Waals surface area (Å²) in [7, 11) is 1.24. The maximum atomic E-state index is 13.1. The molecule has 0 heterocycles. The SMILES string of the molecule is C=C(C)CC(NC(=O)C(CCCCN)NC(=O)OC(C)(C)C)C(=O)NC(CCCCN)C(=O)OC. The molecule has 0 aromatic heterocycles. The van der Waals surface area contributed by atoms with Crippen LogP contribution in [0.15, 0.2) is 12.2 Å². The van der Waals surface area contributed by atoms with E-state index in [1.807, 2.05) is 0 Å². The summed E-state index contributed by atoms with van der Waals surface area (Å²) in [5.41, 5.74) is 11.0. The summed E-state index contributed by atoms with van der Waals surface area (Å²) in [4.78, 5) is 50.6. The van der Waals surface area contributed by atoms with Crippen LogP contribution in [0.5, 0.6) is 0 Å². The van der Waals surface area contributed by atoms with E-state index in [2.05, 4.69) is 22.5 Å². The number of carbonyl (C=O) groups is 4. The topological polar surface area (TPSA) is 175 Å². The minimum absolute atomic E-state index is 0.149. The number of amides is 3. The number of unbranched alkanes of at least 4 members (excludes halogenated alkanes) is 2. The lowest BCUT2D eigenvalue weighted by atomic mass is 10.0. The van der Waals surface area contributed by atoms with Crippen molar-refractivity contribution in [2.75, 3.05) is 20.2 Å². The smallest absolute Gasteiger partial charge is 0.408 e. The van der Waals surface area contributed by atoms with E-state index in [0.29, 0.717) is 57.2 Å². The number of esters is 1. The first-order valence-corrected chi connectivity index (χ1v) is 12.1. The fourth-order valence-corrected chi connectivity index (χ4v) is 3.20. The molecule has 0 saturated heterocycles. The molecule has 0 rings (SSSR count). The van der Waals surface area contributed by atoms with E-state index in [-0.39, 0.29) is 6.42 Å². The maximum absolute atomic E-state index is 13.1. The minimum Gasteiger partial charge on any atom is -0.467 e. The first-order valence-electron chi connectivity index (χ1n) is 12.1. The number of methoxy groups -OCH3 is 1. The average Bonchev–Trinajstić information content (AvgIpc) is 2.75. The molecule has 3 unspecified atom stereocenters. The van der Waals surface area contributed by atoms with Crippen LogP contribution in [0.2, 0.25) is 0 Å². The molecule has 3 atom stereocenters. The predicted octanol–water partition coefficient (Wildman–Crippen LogP) is 1.25. The van der Waals surface area contributed by atoms with Crippen molar-refractivity contribution in [1.29, 1.82) is 0 Å². The fourth-order valence-electron chi connectivity index (χ4n) is 3.20. The maximum Gasteiger partial charge on any atom is 0.408 e. The molecular weight excluding hydrogens is 454 g/mol. The van der Waals surface area contributed by atoms with Gasteiger partial charge in [0.2, 0.25) is 11.8 Å². The Labute approximate surface area is 209 Å². The summed E-state index contributed by atoms with van der Waals surface area (Å²) in [5.74, 6) is -1.68. The van der Waals surface area contributed by atoms with E-state index >= 15 is 0 Å². The number of carbonyl (C=O) groups excluding carboxylic acids is 4. The van der Waals surface area contributed by atoms with Gasteiger partial charge in [-0.25, -0.2) is 9.59 Å². The van der Waals surface area contributed by atoms with Crippen molar-refractivity contribution in [3.8, 4) is 0 Å². The van der Waals surface area contributed by atoms with Gasteiger partial charge in [-0.2, -0.15) is 0 Å². The molecule has 0 aliphatic heterocycles. The molecule has 0 aromatic carbocycles. The van der Waals surface area contributed by atoms with Crippen molar-refractivity contribution in [3.05, 3.63) is 12.2 Å². The molecule has 0 saturated carbocycles. The second-order valence-electron chi connectivity index (χ2n) is 9.57. The van der Waals surface area contributed by atoms with Gasteiger partial charge in [0.1, 0.15) is 23.7 Å². The minimum atomic E-state index is -1.00. The molecule has 3 amide bonds. The number of nitrogens with one attached hydrogen (secondary N) is 3. The zero-order valence-electron chi connectivity index (χ0n) is 21.9. The molecule has 0 aromatic rings. The highest BCUT2D eigenvalue weighted by Gasteiger charge is 2.30. The molecule has 0 aliphatic carbocycles. The van der Waals surface area contributed by atoms with Gasteiger partial charge >= 0.3 is 12.1 Å². The van der Waals surface area contributed by atoms with Crippen molar-refractivity contribution in [3.63, 3.8) is 0 Å². The van der Waals surface area contributed by atoms with E-state index < -0.39 is 47.6 Å². The summed E-state index contributed by atoms with van der Waals surface area (Å²) in [6.45, 7) is 11.6. The first-order chi connectivity index (χ1) is 16.3. The third-order valence-electron chi connectivity index (χ3n) is 4.89. The van der Waals surface area contributed by atoms with E-state index in [0.717, 1.165) is 0 Å². The number of alkyl carbamates (subject to hydrolysis) is 1. The van der Waals surface area contributed by atoms with Crippen molar-refractivity contribution < 1.29 is 28.7 Å². The Bertz CT molecular complexity index is 707. The molecule has 7 N–H and O–H groups in total. The Morgan fingerprint density at radius 1 is 0.829 bits per heavy atom. The number of hydrogen-bond acceptors (Lipinski definition) is 8. The number of hydrogen-bond donors (Lipinski definition) is 5. The van der Waals surface area contributed by atoms with Gasteiger partial charge < -0.3 is 36.9 Å². The normalized spacial score (nSPS) is 13.7. The highest BCUT2D eigenvalue weighted by molar-refractivity contribution is 5.93. The highest BCUT2D eigenvalue weighted by Crippen LogP contribution is 2.10. The molecule has 0 radical (unpaired) electrons. The Morgan fingerprint density at radius 3 is 1.77 bits per heavy atom. The number of ether oxygens (including phenoxy) is 2. The molecule has 11 nitrogen and oxygen atoms in total. The first kappa shape index (κ1) is 32.3. The van der Waals surface area contributed by atoms with Crippen molar-refractivity contribution >= 4 is 23.9 Å². The van der Waals surface area contributed by atoms with Gasteiger partial charge in [-0.1, -0.05) is 5.57 Å². The monoisotopic (exact) mass is 499 g/mol. The van der Waals surface area contributed by atoms with Gasteiger partial charge in [0.05, 0.1) is 7.11 Å². The van der Waals surface area contributed by atoms with Gasteiger partial charge in [-0.15, -0.1) is 6.58 Å². The van der Waals surface area contributed by atoms with Crippen LogP contribution in [0.25, 0.3) is 0 Å². The molecule has 0 bridgehead atoms. The summed E-state index contributed by atoms with van der Waals surface area (Å²) >= 11 is 0. The quantitative estimate of drug-likeness (QED) is 0.120. The third kappa shape index (κ3) is 15.0. The van der Waals surface area contributed by atoms with Crippen LogP contribution in [-0.2, 0) is 23.9 Å². The van der Waals surface area contributed by atoms with E-state index in [1.165, 1.54) is 7.11 Å². The van der Waals surface area contributed by atoms with Gasteiger partial charge in [0, 0.05) is 0 Å². The Kier molecular flexibility index (Phi) is 15.6. The van der Waals surface area contributed by atoms with Crippen LogP contribution < -0.4 is 27.4 Å². The van der Waals surface area contributed by atoms with Gasteiger partial charge in [0.25, 0.3) is 0 Å². The van der Waals surface area contributed by atoms with Crippen molar-refractivity contribution in [1.82, 2.24) is 16.0 Å². The second kappa shape index (κ2) is 16.9. The summed E-state index contributed by atoms with van der Waals surface area (Å²) < 4.78 is 10.1. The number of rotatable bonds is 16. The van der Waals surface area contributed by atoms with Crippen LogP contribution in [0.4, 0.5) is 4.79 Å². The van der Waals surface area contributed by atoms with Crippen LogP contribution in [0.1, 0.15) is 72.6 Å². The lowest BCUT2D eigenvalue weighted by molar-refractivity contribution is -0.145. The average molecular weight is 500 g/mol. The number of nitrogens with two attached hydrogens (primary N) is 2. The second-order valence-corrected chi connectivity index (χ2v) is 9.57. The Balaban J connectivity index is 5.51. The largest absolute Gasteiger partial charge is 0.467 e. The van der Waals surface area contributed by atoms with Crippen LogP contribution in [0, 0.1) is 0 Å². The zero-order chi connectivity index (χ0) is 27.0. The Morgan fingerprint density at radius 2 is 1.31 bits per heavy atom. The van der Waals surface area contributed by atoms with E-state index in [4.69, 9.17) is 20.9 Å². The van der Waals surface area contributed by atoms with E-state index in [9.17, 15) is 19.2 Å². The molecule has 0 fully saturated rings.